The summed E-state index contributed by atoms with van der Waals surface area (Å²) in [4.78, 5) is 12.4. The van der Waals surface area contributed by atoms with Gasteiger partial charge in [0.05, 0.1) is 13.7 Å². The molecule has 0 aliphatic carbocycles. The van der Waals surface area contributed by atoms with Gasteiger partial charge >= 0.3 is 0 Å². The number of phenols is 1. The molecule has 2 aromatic carbocycles. The number of carbonyl (C=O) groups is 1. The van der Waals surface area contributed by atoms with Crippen molar-refractivity contribution in [3.63, 3.8) is 0 Å². The fraction of sp³-hybridized carbons (Fsp3) is 0.381. The van der Waals surface area contributed by atoms with Gasteiger partial charge in [-0.25, -0.2) is 0 Å². The van der Waals surface area contributed by atoms with Gasteiger partial charge in [-0.2, -0.15) is 0 Å². The fourth-order valence-corrected chi connectivity index (χ4v) is 2.60. The van der Waals surface area contributed by atoms with Gasteiger partial charge in [0, 0.05) is 12.1 Å². The van der Waals surface area contributed by atoms with Gasteiger partial charge in [0.2, 0.25) is 0 Å². The minimum Gasteiger partial charge on any atom is -0.508 e. The summed E-state index contributed by atoms with van der Waals surface area (Å²) in [6, 6.07) is 12.2. The Hall–Kier alpha value is -2.69. The molecule has 0 unspecified atom stereocenters. The van der Waals surface area contributed by atoms with Crippen LogP contribution >= 0.6 is 0 Å². The molecule has 0 radical (unpaired) electrons. The summed E-state index contributed by atoms with van der Waals surface area (Å²) in [6.45, 7) is 3.23. The second-order valence-electron chi connectivity index (χ2n) is 6.10. The number of benzene rings is 2. The molecule has 2 N–H and O–H groups in total. The first-order chi connectivity index (χ1) is 12.6. The standard InChI is InChI=1S/C21H27NO4/c1-3-4-5-13-26-20-15-17(9-10-19(20)25-2)21(24)22-12-11-16-7-6-8-18(23)14-16/h6-10,14-15,23H,3-5,11-13H2,1-2H3,(H,22,24). The van der Waals surface area contributed by atoms with E-state index in [1.807, 2.05) is 6.07 Å². The van der Waals surface area contributed by atoms with Crippen LogP contribution in [0.5, 0.6) is 17.2 Å². The summed E-state index contributed by atoms with van der Waals surface area (Å²) in [5, 5.41) is 12.4. The molecule has 0 aliphatic rings. The first-order valence-corrected chi connectivity index (χ1v) is 9.01. The SMILES string of the molecule is CCCCCOc1cc(C(=O)NCCc2cccc(O)c2)ccc1OC. The van der Waals surface area contributed by atoms with Crippen molar-refractivity contribution in [2.24, 2.45) is 0 Å². The summed E-state index contributed by atoms with van der Waals surface area (Å²) in [7, 11) is 1.59. The van der Waals surface area contributed by atoms with Crippen LogP contribution in [0.4, 0.5) is 0 Å². The van der Waals surface area contributed by atoms with Crippen LogP contribution in [0.1, 0.15) is 42.1 Å². The summed E-state index contributed by atoms with van der Waals surface area (Å²) in [6.07, 6.45) is 3.86. The number of ether oxygens (including phenoxy) is 2. The van der Waals surface area contributed by atoms with Crippen LogP contribution < -0.4 is 14.8 Å². The third-order valence-corrected chi connectivity index (χ3v) is 4.04. The Balaban J connectivity index is 1.92. The Bertz CT molecular complexity index is 715. The van der Waals surface area contributed by atoms with Crippen molar-refractivity contribution >= 4 is 5.91 Å². The molecule has 5 nitrogen and oxygen atoms in total. The third kappa shape index (κ3) is 5.99. The van der Waals surface area contributed by atoms with Crippen molar-refractivity contribution in [3.8, 4) is 17.2 Å². The van der Waals surface area contributed by atoms with E-state index in [1.54, 1.807) is 43.5 Å². The van der Waals surface area contributed by atoms with Crippen molar-refractivity contribution < 1.29 is 19.4 Å². The second kappa shape index (κ2) is 10.3. The lowest BCUT2D eigenvalue weighted by Gasteiger charge is -2.12. The quantitative estimate of drug-likeness (QED) is 0.632. The molecule has 0 atom stereocenters. The molecule has 0 heterocycles. The molecule has 5 heteroatoms. The molecule has 0 saturated heterocycles. The topological polar surface area (TPSA) is 67.8 Å². The van der Waals surface area contributed by atoms with Crippen molar-refractivity contribution in [3.05, 3.63) is 53.6 Å². The van der Waals surface area contributed by atoms with Crippen molar-refractivity contribution in [2.75, 3.05) is 20.3 Å². The maximum atomic E-state index is 12.4. The lowest BCUT2D eigenvalue weighted by molar-refractivity contribution is 0.0953. The molecule has 0 saturated carbocycles. The zero-order valence-electron chi connectivity index (χ0n) is 15.5. The number of amides is 1. The van der Waals surface area contributed by atoms with Crippen molar-refractivity contribution in [1.29, 1.82) is 0 Å². The minimum atomic E-state index is -0.161. The van der Waals surface area contributed by atoms with Crippen LogP contribution in [0.15, 0.2) is 42.5 Å². The summed E-state index contributed by atoms with van der Waals surface area (Å²) in [5.41, 5.74) is 1.51. The summed E-state index contributed by atoms with van der Waals surface area (Å²) >= 11 is 0. The average Bonchev–Trinajstić information content (AvgIpc) is 2.65. The number of hydrogen-bond acceptors (Lipinski definition) is 4. The smallest absolute Gasteiger partial charge is 0.251 e. The molecular formula is C21H27NO4. The van der Waals surface area contributed by atoms with Crippen LogP contribution in [0.2, 0.25) is 0 Å². The predicted octanol–water partition coefficient (Wildman–Crippen LogP) is 3.94. The number of hydrogen-bond donors (Lipinski definition) is 2. The van der Waals surface area contributed by atoms with E-state index in [0.717, 1.165) is 24.8 Å². The van der Waals surface area contributed by atoms with E-state index in [0.29, 0.717) is 36.6 Å². The largest absolute Gasteiger partial charge is 0.508 e. The summed E-state index contributed by atoms with van der Waals surface area (Å²) in [5.74, 6) is 1.28. The van der Waals surface area contributed by atoms with Gasteiger partial charge in [0.1, 0.15) is 5.75 Å². The average molecular weight is 357 g/mol. The molecule has 1 amide bonds. The highest BCUT2D eigenvalue weighted by Gasteiger charge is 2.11. The van der Waals surface area contributed by atoms with Crippen LogP contribution in [-0.4, -0.2) is 31.3 Å². The monoisotopic (exact) mass is 357 g/mol. The number of unbranched alkanes of at least 4 members (excludes halogenated alkanes) is 2. The molecule has 0 bridgehead atoms. The Labute approximate surface area is 155 Å². The highest BCUT2D eigenvalue weighted by atomic mass is 16.5. The number of rotatable bonds is 10. The van der Waals surface area contributed by atoms with Gasteiger partial charge in [-0.1, -0.05) is 31.9 Å². The Morgan fingerprint density at radius 3 is 2.69 bits per heavy atom. The first kappa shape index (κ1) is 19.6. The van der Waals surface area contributed by atoms with Crippen molar-refractivity contribution in [2.45, 2.75) is 32.6 Å². The lowest BCUT2D eigenvalue weighted by Crippen LogP contribution is -2.25. The van der Waals surface area contributed by atoms with E-state index in [1.165, 1.54) is 0 Å². The molecule has 2 aromatic rings. The van der Waals surface area contributed by atoms with Crippen LogP contribution in [0, 0.1) is 0 Å². The molecule has 140 valence electrons. The van der Waals surface area contributed by atoms with Gasteiger partial charge in [0.25, 0.3) is 5.91 Å². The number of carbonyl (C=O) groups excluding carboxylic acids is 1. The van der Waals surface area contributed by atoms with Crippen LogP contribution in [0.25, 0.3) is 0 Å². The Morgan fingerprint density at radius 2 is 1.96 bits per heavy atom. The normalized spacial score (nSPS) is 10.4. The maximum absolute atomic E-state index is 12.4. The summed E-state index contributed by atoms with van der Waals surface area (Å²) < 4.78 is 11.1. The molecule has 0 fully saturated rings. The Kier molecular flexibility index (Phi) is 7.80. The first-order valence-electron chi connectivity index (χ1n) is 9.01. The van der Waals surface area contributed by atoms with E-state index < -0.39 is 0 Å². The predicted molar refractivity (Wildman–Crippen MR) is 102 cm³/mol. The van der Waals surface area contributed by atoms with Gasteiger partial charge < -0.3 is 19.9 Å². The highest BCUT2D eigenvalue weighted by Crippen LogP contribution is 2.28. The van der Waals surface area contributed by atoms with Crippen LogP contribution in [-0.2, 0) is 6.42 Å². The van der Waals surface area contributed by atoms with E-state index in [4.69, 9.17) is 9.47 Å². The minimum absolute atomic E-state index is 0.161. The van der Waals surface area contributed by atoms with E-state index in [9.17, 15) is 9.90 Å². The third-order valence-electron chi connectivity index (χ3n) is 4.04. The van der Waals surface area contributed by atoms with E-state index in [2.05, 4.69) is 12.2 Å². The van der Waals surface area contributed by atoms with Gasteiger partial charge in [-0.3, -0.25) is 4.79 Å². The van der Waals surface area contributed by atoms with E-state index >= 15 is 0 Å². The second-order valence-corrected chi connectivity index (χ2v) is 6.10. The number of nitrogens with one attached hydrogen (secondary N) is 1. The van der Waals surface area contributed by atoms with Crippen LogP contribution in [0.3, 0.4) is 0 Å². The lowest BCUT2D eigenvalue weighted by atomic mass is 10.1. The number of methoxy groups -OCH3 is 1. The van der Waals surface area contributed by atoms with Gasteiger partial charge in [-0.05, 0) is 48.7 Å². The molecule has 0 aromatic heterocycles. The molecule has 26 heavy (non-hydrogen) atoms. The number of aromatic hydroxyl groups is 1. The molecule has 0 spiro atoms. The maximum Gasteiger partial charge on any atom is 0.251 e. The highest BCUT2D eigenvalue weighted by molar-refractivity contribution is 5.94. The molecular weight excluding hydrogens is 330 g/mol. The van der Waals surface area contributed by atoms with E-state index in [-0.39, 0.29) is 11.7 Å². The van der Waals surface area contributed by atoms with Crippen molar-refractivity contribution in [1.82, 2.24) is 5.32 Å². The molecule has 2 rings (SSSR count). The zero-order valence-corrected chi connectivity index (χ0v) is 15.5. The van der Waals surface area contributed by atoms with Gasteiger partial charge in [0.15, 0.2) is 11.5 Å². The molecule has 0 aliphatic heterocycles. The van der Waals surface area contributed by atoms with Gasteiger partial charge in [-0.15, -0.1) is 0 Å². The Morgan fingerprint density at radius 1 is 1.12 bits per heavy atom. The number of phenolic OH excluding ortho intramolecular Hbond substituents is 1. The zero-order chi connectivity index (χ0) is 18.8. The fourth-order valence-electron chi connectivity index (χ4n) is 2.60.